The lowest BCUT2D eigenvalue weighted by Gasteiger charge is -2.35. The van der Waals surface area contributed by atoms with Crippen LogP contribution >= 0.6 is 0 Å². The molecule has 160 valence electrons. The molecule has 0 bridgehead atoms. The molecule has 1 saturated heterocycles. The summed E-state index contributed by atoms with van der Waals surface area (Å²) in [4.78, 5) is 26.8. The smallest absolute Gasteiger partial charge is 0.338 e. The molecule has 6 heteroatoms. The number of carbonyl (C=O) groups excluding carboxylic acids is 2. The maximum atomic E-state index is 12.5. The average molecular weight is 411 g/mol. The third kappa shape index (κ3) is 5.53. The molecule has 1 atom stereocenters. The summed E-state index contributed by atoms with van der Waals surface area (Å²) in [5, 5.41) is 0. The number of piperidine rings is 1. The topological polar surface area (TPSA) is 65.1 Å². The van der Waals surface area contributed by atoms with Crippen LogP contribution in [0.3, 0.4) is 0 Å². The monoisotopic (exact) mass is 411 g/mol. The molecule has 6 nitrogen and oxygen atoms in total. The molecule has 0 N–H and O–H groups in total. The molecule has 2 aromatic carbocycles. The third-order valence-corrected chi connectivity index (χ3v) is 5.38. The van der Waals surface area contributed by atoms with Gasteiger partial charge in [-0.3, -0.25) is 4.79 Å². The summed E-state index contributed by atoms with van der Waals surface area (Å²) in [6.45, 7) is 2.96. The minimum absolute atomic E-state index is 0.135. The van der Waals surface area contributed by atoms with E-state index in [1.165, 1.54) is 7.11 Å². The highest BCUT2D eigenvalue weighted by molar-refractivity contribution is 5.92. The van der Waals surface area contributed by atoms with Crippen molar-refractivity contribution in [1.82, 2.24) is 4.90 Å². The number of amides is 1. The Bertz CT molecular complexity index is 852. The summed E-state index contributed by atoms with van der Waals surface area (Å²) < 4.78 is 16.5. The molecule has 0 aromatic heterocycles. The van der Waals surface area contributed by atoms with Crippen LogP contribution in [-0.4, -0.2) is 43.1 Å². The van der Waals surface area contributed by atoms with Gasteiger partial charge < -0.3 is 19.1 Å². The Morgan fingerprint density at radius 2 is 1.87 bits per heavy atom. The van der Waals surface area contributed by atoms with Crippen molar-refractivity contribution in [3.8, 4) is 11.5 Å². The van der Waals surface area contributed by atoms with Gasteiger partial charge in [-0.2, -0.15) is 0 Å². The van der Waals surface area contributed by atoms with Crippen molar-refractivity contribution in [2.24, 2.45) is 0 Å². The van der Waals surface area contributed by atoms with Gasteiger partial charge in [0.15, 0.2) is 18.1 Å². The van der Waals surface area contributed by atoms with E-state index in [-0.39, 0.29) is 18.6 Å². The molecular weight excluding hydrogens is 382 g/mol. The van der Waals surface area contributed by atoms with Crippen molar-refractivity contribution < 1.29 is 23.8 Å². The third-order valence-electron chi connectivity index (χ3n) is 5.38. The fourth-order valence-corrected chi connectivity index (χ4v) is 3.70. The molecule has 1 heterocycles. The standard InChI is InChI=1S/C24H29NO5/c1-3-20-11-7-8-14-25(20)23(26)17-30-24(27)19-12-13-21(22(15-19)28-2)29-16-18-9-5-4-6-10-18/h4-6,9-10,12-13,15,20H,3,7-8,11,14,16-17H2,1-2H3/t20-/m0/s1. The van der Waals surface area contributed by atoms with E-state index >= 15 is 0 Å². The van der Waals surface area contributed by atoms with E-state index in [0.29, 0.717) is 23.7 Å². The summed E-state index contributed by atoms with van der Waals surface area (Å²) in [5.41, 5.74) is 1.35. The second-order valence-electron chi connectivity index (χ2n) is 7.36. The Morgan fingerprint density at radius 3 is 2.60 bits per heavy atom. The van der Waals surface area contributed by atoms with Crippen LogP contribution in [0.15, 0.2) is 48.5 Å². The number of carbonyl (C=O) groups is 2. The number of likely N-dealkylation sites (tertiary alicyclic amines) is 1. The summed E-state index contributed by atoms with van der Waals surface area (Å²) in [5.74, 6) is 0.285. The minimum Gasteiger partial charge on any atom is -0.493 e. The number of hydrogen-bond acceptors (Lipinski definition) is 5. The van der Waals surface area contributed by atoms with Gasteiger partial charge in [0.25, 0.3) is 5.91 Å². The first-order valence-corrected chi connectivity index (χ1v) is 10.4. The van der Waals surface area contributed by atoms with Crippen molar-refractivity contribution in [3.63, 3.8) is 0 Å². The maximum absolute atomic E-state index is 12.5. The summed E-state index contributed by atoms with van der Waals surface area (Å²) >= 11 is 0. The Hall–Kier alpha value is -3.02. The number of hydrogen-bond donors (Lipinski definition) is 0. The highest BCUT2D eigenvalue weighted by Gasteiger charge is 2.26. The zero-order chi connectivity index (χ0) is 21.3. The van der Waals surface area contributed by atoms with E-state index in [1.54, 1.807) is 18.2 Å². The Labute approximate surface area is 177 Å². The summed E-state index contributed by atoms with van der Waals surface area (Å²) in [6, 6.07) is 14.9. The molecule has 2 aromatic rings. The largest absolute Gasteiger partial charge is 0.493 e. The fraction of sp³-hybridized carbons (Fsp3) is 0.417. The quantitative estimate of drug-likeness (QED) is 0.609. The zero-order valence-corrected chi connectivity index (χ0v) is 17.6. The van der Waals surface area contributed by atoms with Gasteiger partial charge in [-0.25, -0.2) is 4.79 Å². The Balaban J connectivity index is 1.58. The Kier molecular flexibility index (Phi) is 7.71. The van der Waals surface area contributed by atoms with E-state index in [0.717, 1.165) is 37.8 Å². The molecule has 1 fully saturated rings. The number of ether oxygens (including phenoxy) is 3. The lowest BCUT2D eigenvalue weighted by molar-refractivity contribution is -0.138. The molecule has 0 spiro atoms. The first kappa shape index (κ1) is 21.7. The lowest BCUT2D eigenvalue weighted by atomic mass is 10.00. The van der Waals surface area contributed by atoms with E-state index in [9.17, 15) is 9.59 Å². The van der Waals surface area contributed by atoms with Gasteiger partial charge >= 0.3 is 5.97 Å². The van der Waals surface area contributed by atoms with E-state index in [4.69, 9.17) is 14.2 Å². The van der Waals surface area contributed by atoms with Gasteiger partial charge in [0, 0.05) is 12.6 Å². The van der Waals surface area contributed by atoms with Gasteiger partial charge in [-0.1, -0.05) is 37.3 Å². The summed E-state index contributed by atoms with van der Waals surface area (Å²) in [6.07, 6.45) is 4.07. The molecule has 3 rings (SSSR count). The predicted octanol–water partition coefficient (Wildman–Crippen LogP) is 4.22. The molecule has 0 aliphatic carbocycles. The molecule has 30 heavy (non-hydrogen) atoms. The average Bonchev–Trinajstić information content (AvgIpc) is 2.81. The second kappa shape index (κ2) is 10.7. The molecule has 1 aliphatic rings. The SMILES string of the molecule is CC[C@H]1CCCCN1C(=O)COC(=O)c1ccc(OCc2ccccc2)c(OC)c1. The highest BCUT2D eigenvalue weighted by Crippen LogP contribution is 2.29. The number of benzene rings is 2. The number of nitrogens with zero attached hydrogens (tertiary/aromatic N) is 1. The van der Waals surface area contributed by atoms with E-state index < -0.39 is 5.97 Å². The van der Waals surface area contributed by atoms with Crippen molar-refractivity contribution >= 4 is 11.9 Å². The van der Waals surface area contributed by atoms with Crippen molar-refractivity contribution in [3.05, 3.63) is 59.7 Å². The van der Waals surface area contributed by atoms with Crippen LogP contribution in [0, 0.1) is 0 Å². The molecule has 0 radical (unpaired) electrons. The van der Waals surface area contributed by atoms with Crippen LogP contribution in [0.2, 0.25) is 0 Å². The van der Waals surface area contributed by atoms with Crippen LogP contribution in [-0.2, 0) is 16.1 Å². The van der Waals surface area contributed by atoms with Crippen LogP contribution in [0.5, 0.6) is 11.5 Å². The molecule has 1 aliphatic heterocycles. The molecule has 0 saturated carbocycles. The molecule has 1 amide bonds. The Morgan fingerprint density at radius 1 is 1.07 bits per heavy atom. The van der Waals surface area contributed by atoms with Crippen LogP contribution in [0.25, 0.3) is 0 Å². The van der Waals surface area contributed by atoms with Gasteiger partial charge in [0.05, 0.1) is 12.7 Å². The number of methoxy groups -OCH3 is 1. The number of esters is 1. The minimum atomic E-state index is -0.554. The van der Waals surface area contributed by atoms with E-state index in [2.05, 4.69) is 6.92 Å². The van der Waals surface area contributed by atoms with Crippen molar-refractivity contribution in [2.45, 2.75) is 45.3 Å². The van der Waals surface area contributed by atoms with Crippen LogP contribution in [0.1, 0.15) is 48.5 Å². The zero-order valence-electron chi connectivity index (χ0n) is 17.6. The lowest BCUT2D eigenvalue weighted by Crippen LogP contribution is -2.45. The summed E-state index contributed by atoms with van der Waals surface area (Å²) in [7, 11) is 1.52. The predicted molar refractivity (Wildman–Crippen MR) is 114 cm³/mol. The highest BCUT2D eigenvalue weighted by atomic mass is 16.5. The second-order valence-corrected chi connectivity index (χ2v) is 7.36. The first-order chi connectivity index (χ1) is 14.6. The normalized spacial score (nSPS) is 16.1. The maximum Gasteiger partial charge on any atom is 0.338 e. The van der Waals surface area contributed by atoms with E-state index in [1.807, 2.05) is 35.2 Å². The fourth-order valence-electron chi connectivity index (χ4n) is 3.70. The first-order valence-electron chi connectivity index (χ1n) is 10.4. The number of rotatable bonds is 8. The van der Waals surface area contributed by atoms with Gasteiger partial charge in [-0.05, 0) is 49.4 Å². The molecule has 0 unspecified atom stereocenters. The van der Waals surface area contributed by atoms with Crippen molar-refractivity contribution in [1.29, 1.82) is 0 Å². The van der Waals surface area contributed by atoms with Crippen LogP contribution in [0.4, 0.5) is 0 Å². The molecular formula is C24H29NO5. The van der Waals surface area contributed by atoms with Gasteiger partial charge in [0.1, 0.15) is 6.61 Å². The van der Waals surface area contributed by atoms with Crippen molar-refractivity contribution in [2.75, 3.05) is 20.3 Å². The van der Waals surface area contributed by atoms with Crippen LogP contribution < -0.4 is 9.47 Å². The van der Waals surface area contributed by atoms with Gasteiger partial charge in [0.2, 0.25) is 0 Å². The van der Waals surface area contributed by atoms with Gasteiger partial charge in [-0.15, -0.1) is 0 Å².